The molecule has 1 aromatic heterocycles. The molecule has 0 aliphatic heterocycles. The number of nitrogens with zero attached hydrogens (tertiary/aromatic N) is 1. The number of thiophene rings is 1. The molecule has 0 saturated heterocycles. The Hall–Kier alpha value is -1.88. The van der Waals surface area contributed by atoms with Gasteiger partial charge in [-0.05, 0) is 13.0 Å². The smallest absolute Gasteiger partial charge is 0.305 e. The summed E-state index contributed by atoms with van der Waals surface area (Å²) >= 11 is 1.53. The largest absolute Gasteiger partial charge is 0.481 e. The molecule has 0 bridgehead atoms. The van der Waals surface area contributed by atoms with Crippen molar-refractivity contribution in [3.63, 3.8) is 0 Å². The molecule has 1 N–H and O–H groups in total. The third-order valence-corrected chi connectivity index (χ3v) is 3.94. The number of amides is 1. The highest BCUT2D eigenvalue weighted by Crippen LogP contribution is 2.26. The average Bonchev–Trinajstić information content (AvgIpc) is 2.82. The van der Waals surface area contributed by atoms with E-state index in [0.717, 1.165) is 10.1 Å². The summed E-state index contributed by atoms with van der Waals surface area (Å²) in [5.41, 5.74) is 0.660. The Morgan fingerprint density at radius 3 is 2.74 bits per heavy atom. The average molecular weight is 277 g/mol. The first-order valence-corrected chi connectivity index (χ1v) is 6.98. The number of carboxylic acid groups (broad SMARTS) is 1. The molecule has 2 aromatic rings. The van der Waals surface area contributed by atoms with E-state index in [1.807, 2.05) is 36.6 Å². The Balaban J connectivity index is 2.24. The minimum Gasteiger partial charge on any atom is -0.481 e. The van der Waals surface area contributed by atoms with Crippen molar-refractivity contribution >= 4 is 33.3 Å². The van der Waals surface area contributed by atoms with Gasteiger partial charge in [0, 0.05) is 28.6 Å². The normalized spacial score (nSPS) is 10.6. The summed E-state index contributed by atoms with van der Waals surface area (Å²) < 4.78 is 1.07. The first-order chi connectivity index (χ1) is 9.13. The second-order valence-electron chi connectivity index (χ2n) is 4.17. The number of hydrogen-bond acceptors (Lipinski definition) is 3. The first-order valence-electron chi connectivity index (χ1n) is 6.10. The predicted octanol–water partition coefficient (Wildman–Crippen LogP) is 2.84. The maximum Gasteiger partial charge on any atom is 0.305 e. The van der Waals surface area contributed by atoms with Gasteiger partial charge >= 0.3 is 5.97 Å². The third kappa shape index (κ3) is 2.93. The number of hydrogen-bond donors (Lipinski definition) is 1. The molecule has 0 fully saturated rings. The molecule has 0 spiro atoms. The van der Waals surface area contributed by atoms with Gasteiger partial charge in [0.05, 0.1) is 12.0 Å². The molecule has 0 aliphatic rings. The van der Waals surface area contributed by atoms with Crippen LogP contribution in [0.4, 0.5) is 0 Å². The lowest BCUT2D eigenvalue weighted by molar-refractivity contribution is -0.137. The van der Waals surface area contributed by atoms with Gasteiger partial charge in [0.1, 0.15) is 0 Å². The number of benzene rings is 1. The fourth-order valence-corrected chi connectivity index (χ4v) is 2.88. The lowest BCUT2D eigenvalue weighted by Gasteiger charge is -2.19. The van der Waals surface area contributed by atoms with Crippen LogP contribution in [0, 0.1) is 0 Å². The summed E-state index contributed by atoms with van der Waals surface area (Å²) in [6, 6.07) is 7.74. The topological polar surface area (TPSA) is 57.6 Å². The SMILES string of the molecule is CCN(CCC(=O)O)C(=O)c1csc2ccccc12. The molecule has 4 nitrogen and oxygen atoms in total. The highest BCUT2D eigenvalue weighted by molar-refractivity contribution is 7.17. The zero-order chi connectivity index (χ0) is 13.8. The Labute approximate surface area is 115 Å². The number of carbonyl (C=O) groups is 2. The lowest BCUT2D eigenvalue weighted by atomic mass is 10.1. The van der Waals surface area contributed by atoms with E-state index >= 15 is 0 Å². The van der Waals surface area contributed by atoms with Crippen molar-refractivity contribution in [1.82, 2.24) is 4.90 Å². The minimum absolute atomic E-state index is 0.0261. The van der Waals surface area contributed by atoms with Crippen molar-refractivity contribution in [2.45, 2.75) is 13.3 Å². The van der Waals surface area contributed by atoms with Gasteiger partial charge in [-0.2, -0.15) is 0 Å². The van der Waals surface area contributed by atoms with Crippen molar-refractivity contribution in [3.8, 4) is 0 Å². The summed E-state index contributed by atoms with van der Waals surface area (Å²) in [6.07, 6.45) is -0.0261. The summed E-state index contributed by atoms with van der Waals surface area (Å²) in [7, 11) is 0. The Bertz CT molecular complexity index is 606. The van der Waals surface area contributed by atoms with Gasteiger partial charge in [0.15, 0.2) is 0 Å². The van der Waals surface area contributed by atoms with Gasteiger partial charge < -0.3 is 10.0 Å². The standard InChI is InChI=1S/C14H15NO3S/c1-2-15(8-7-13(16)17)14(18)11-9-19-12-6-4-3-5-10(11)12/h3-6,9H,2,7-8H2,1H3,(H,16,17). The quantitative estimate of drug-likeness (QED) is 0.914. The number of carboxylic acids is 1. The number of rotatable bonds is 5. The van der Waals surface area contributed by atoms with E-state index in [1.54, 1.807) is 4.90 Å². The molecule has 19 heavy (non-hydrogen) atoms. The van der Waals surface area contributed by atoms with E-state index in [-0.39, 0.29) is 18.9 Å². The van der Waals surface area contributed by atoms with Gasteiger partial charge in [0.2, 0.25) is 0 Å². The Kier molecular flexibility index (Phi) is 4.16. The highest BCUT2D eigenvalue weighted by Gasteiger charge is 2.18. The van der Waals surface area contributed by atoms with Crippen LogP contribution in [0.2, 0.25) is 0 Å². The molecular formula is C14H15NO3S. The van der Waals surface area contributed by atoms with Crippen molar-refractivity contribution < 1.29 is 14.7 Å². The molecule has 0 atom stereocenters. The monoisotopic (exact) mass is 277 g/mol. The van der Waals surface area contributed by atoms with Crippen LogP contribution in [0.3, 0.4) is 0 Å². The lowest BCUT2D eigenvalue weighted by Crippen LogP contribution is -2.32. The molecule has 1 amide bonds. The Morgan fingerprint density at radius 2 is 2.05 bits per heavy atom. The van der Waals surface area contributed by atoms with Gasteiger partial charge in [-0.15, -0.1) is 11.3 Å². The number of carbonyl (C=O) groups excluding carboxylic acids is 1. The Morgan fingerprint density at radius 1 is 1.32 bits per heavy atom. The summed E-state index contributed by atoms with van der Waals surface area (Å²) in [5, 5.41) is 11.5. The fraction of sp³-hybridized carbons (Fsp3) is 0.286. The molecular weight excluding hydrogens is 262 g/mol. The van der Waals surface area contributed by atoms with Crippen LogP contribution >= 0.6 is 11.3 Å². The second kappa shape index (κ2) is 5.84. The molecule has 0 saturated carbocycles. The van der Waals surface area contributed by atoms with Crippen LogP contribution in [-0.2, 0) is 4.79 Å². The van der Waals surface area contributed by atoms with Gasteiger partial charge in [-0.25, -0.2) is 0 Å². The summed E-state index contributed by atoms with van der Waals surface area (Å²) in [5.74, 6) is -0.984. The molecule has 0 radical (unpaired) electrons. The molecule has 0 unspecified atom stereocenters. The molecule has 100 valence electrons. The molecule has 2 rings (SSSR count). The van der Waals surface area contributed by atoms with Crippen LogP contribution in [-0.4, -0.2) is 35.0 Å². The maximum atomic E-state index is 12.4. The van der Waals surface area contributed by atoms with E-state index in [0.29, 0.717) is 12.1 Å². The van der Waals surface area contributed by atoms with Crippen LogP contribution in [0.15, 0.2) is 29.6 Å². The maximum absolute atomic E-state index is 12.4. The van der Waals surface area contributed by atoms with E-state index in [9.17, 15) is 9.59 Å². The zero-order valence-electron chi connectivity index (χ0n) is 10.6. The van der Waals surface area contributed by atoms with E-state index in [4.69, 9.17) is 5.11 Å². The van der Waals surface area contributed by atoms with Crippen molar-refractivity contribution in [1.29, 1.82) is 0 Å². The zero-order valence-corrected chi connectivity index (χ0v) is 11.4. The van der Waals surface area contributed by atoms with Crippen molar-refractivity contribution in [2.24, 2.45) is 0 Å². The van der Waals surface area contributed by atoms with Crippen LogP contribution in [0.25, 0.3) is 10.1 Å². The van der Waals surface area contributed by atoms with Crippen molar-refractivity contribution in [3.05, 3.63) is 35.2 Å². The number of aliphatic carboxylic acids is 1. The second-order valence-corrected chi connectivity index (χ2v) is 5.09. The van der Waals surface area contributed by atoms with Crippen LogP contribution < -0.4 is 0 Å². The van der Waals surface area contributed by atoms with Gasteiger partial charge in [0.25, 0.3) is 5.91 Å². The highest BCUT2D eigenvalue weighted by atomic mass is 32.1. The van der Waals surface area contributed by atoms with Crippen LogP contribution in [0.5, 0.6) is 0 Å². The predicted molar refractivity (Wildman–Crippen MR) is 75.7 cm³/mol. The van der Waals surface area contributed by atoms with Gasteiger partial charge in [-0.3, -0.25) is 9.59 Å². The van der Waals surface area contributed by atoms with Crippen LogP contribution in [0.1, 0.15) is 23.7 Å². The van der Waals surface area contributed by atoms with E-state index in [2.05, 4.69) is 0 Å². The third-order valence-electron chi connectivity index (χ3n) is 2.98. The van der Waals surface area contributed by atoms with E-state index < -0.39 is 5.97 Å². The molecule has 5 heteroatoms. The number of fused-ring (bicyclic) bond motifs is 1. The van der Waals surface area contributed by atoms with Gasteiger partial charge in [-0.1, -0.05) is 18.2 Å². The molecule has 1 aromatic carbocycles. The van der Waals surface area contributed by atoms with E-state index in [1.165, 1.54) is 11.3 Å². The summed E-state index contributed by atoms with van der Waals surface area (Å²) in [4.78, 5) is 24.6. The molecule has 1 heterocycles. The van der Waals surface area contributed by atoms with Crippen molar-refractivity contribution in [2.75, 3.05) is 13.1 Å². The fourth-order valence-electron chi connectivity index (χ4n) is 1.95. The first kappa shape index (κ1) is 13.5. The summed E-state index contributed by atoms with van der Waals surface area (Å²) in [6.45, 7) is 2.61. The minimum atomic E-state index is -0.888. The molecule has 0 aliphatic carbocycles.